The summed E-state index contributed by atoms with van der Waals surface area (Å²) in [5.41, 5.74) is 1.09. The Bertz CT molecular complexity index is 860. The molecule has 0 atom stereocenters. The van der Waals surface area contributed by atoms with Crippen LogP contribution >= 0.6 is 11.6 Å². The summed E-state index contributed by atoms with van der Waals surface area (Å²) in [6, 6.07) is 3.70. The standard InChI is InChI=1S/C19H19ClN4O2/c20-18-22-11-14-16(23-18)24(17(25)19(14)8-9-19)12-6-7-15(21-10-12)26-13-4-2-1-3-5-13/h6-7,10-11,13H,1-5,8-9H2. The van der Waals surface area contributed by atoms with Crippen molar-refractivity contribution in [3.05, 3.63) is 35.4 Å². The lowest BCUT2D eigenvalue weighted by molar-refractivity contribution is -0.119. The zero-order valence-electron chi connectivity index (χ0n) is 14.3. The normalized spacial score (nSPS) is 21.1. The molecule has 0 unspecified atom stereocenters. The summed E-state index contributed by atoms with van der Waals surface area (Å²) in [6.07, 6.45) is 11.1. The van der Waals surface area contributed by atoms with Crippen LogP contribution in [0.25, 0.3) is 0 Å². The van der Waals surface area contributed by atoms with Gasteiger partial charge in [0.15, 0.2) is 0 Å². The van der Waals surface area contributed by atoms with Crippen molar-refractivity contribution in [1.29, 1.82) is 0 Å². The van der Waals surface area contributed by atoms with Crippen molar-refractivity contribution >= 4 is 29.0 Å². The van der Waals surface area contributed by atoms with Gasteiger partial charge in [-0.05, 0) is 56.2 Å². The van der Waals surface area contributed by atoms with Gasteiger partial charge in [0.1, 0.15) is 11.9 Å². The molecular formula is C19H19ClN4O2. The number of pyridine rings is 1. The van der Waals surface area contributed by atoms with Crippen molar-refractivity contribution in [3.8, 4) is 5.88 Å². The van der Waals surface area contributed by atoms with Crippen LogP contribution in [0.4, 0.5) is 11.5 Å². The third kappa shape index (κ3) is 2.47. The molecule has 2 saturated carbocycles. The number of nitrogens with zero attached hydrogens (tertiary/aromatic N) is 4. The number of anilines is 2. The van der Waals surface area contributed by atoms with Gasteiger partial charge < -0.3 is 4.74 Å². The Hall–Kier alpha value is -2.21. The maximum atomic E-state index is 13.0. The van der Waals surface area contributed by atoms with Crippen LogP contribution < -0.4 is 9.64 Å². The first-order valence-electron chi connectivity index (χ1n) is 9.18. The zero-order valence-corrected chi connectivity index (χ0v) is 15.1. The Kier molecular flexibility index (Phi) is 3.64. The number of ether oxygens (including phenoxy) is 1. The number of hydrogen-bond acceptors (Lipinski definition) is 5. The summed E-state index contributed by atoms with van der Waals surface area (Å²) in [6.45, 7) is 0. The number of hydrogen-bond donors (Lipinski definition) is 0. The quantitative estimate of drug-likeness (QED) is 0.765. The molecule has 2 aromatic heterocycles. The Balaban J connectivity index is 1.43. The molecule has 5 rings (SSSR count). The van der Waals surface area contributed by atoms with Gasteiger partial charge >= 0.3 is 0 Å². The van der Waals surface area contributed by atoms with E-state index in [2.05, 4.69) is 15.0 Å². The maximum absolute atomic E-state index is 13.0. The average Bonchev–Trinajstić information content (AvgIpc) is 3.42. The molecule has 6 nitrogen and oxygen atoms in total. The van der Waals surface area contributed by atoms with Crippen molar-refractivity contribution in [2.24, 2.45) is 0 Å². The number of amides is 1. The summed E-state index contributed by atoms with van der Waals surface area (Å²) < 4.78 is 5.98. The lowest BCUT2D eigenvalue weighted by atomic mass is 9.98. The molecule has 3 heterocycles. The smallest absolute Gasteiger partial charge is 0.243 e. The molecule has 0 aromatic carbocycles. The Labute approximate surface area is 156 Å². The second-order valence-electron chi connectivity index (χ2n) is 7.33. The SMILES string of the molecule is O=C1N(c2ccc(OC3CCCCC3)nc2)c2nc(Cl)ncc2C12CC2. The number of aromatic nitrogens is 3. The number of rotatable bonds is 3. The fourth-order valence-corrected chi connectivity index (χ4v) is 4.19. The zero-order chi connectivity index (χ0) is 17.7. The second kappa shape index (κ2) is 5.91. The summed E-state index contributed by atoms with van der Waals surface area (Å²) in [5, 5.41) is 0.143. The van der Waals surface area contributed by atoms with Crippen LogP contribution in [0.1, 0.15) is 50.5 Å². The molecule has 1 amide bonds. The summed E-state index contributed by atoms with van der Waals surface area (Å²) in [7, 11) is 0. The van der Waals surface area contributed by atoms with Crippen LogP contribution in [0, 0.1) is 0 Å². The fourth-order valence-electron chi connectivity index (χ4n) is 4.06. The van der Waals surface area contributed by atoms with E-state index in [1.807, 2.05) is 12.1 Å². The minimum absolute atomic E-state index is 0.0341. The molecule has 0 radical (unpaired) electrons. The van der Waals surface area contributed by atoms with E-state index >= 15 is 0 Å². The molecule has 3 aliphatic rings. The predicted octanol–water partition coefficient (Wildman–Crippen LogP) is 3.95. The van der Waals surface area contributed by atoms with E-state index in [1.165, 1.54) is 19.3 Å². The first kappa shape index (κ1) is 16.0. The van der Waals surface area contributed by atoms with Gasteiger partial charge in [0.25, 0.3) is 0 Å². The Morgan fingerprint density at radius 3 is 2.62 bits per heavy atom. The third-order valence-electron chi connectivity index (χ3n) is 5.65. The molecule has 26 heavy (non-hydrogen) atoms. The van der Waals surface area contributed by atoms with Gasteiger partial charge in [-0.2, -0.15) is 4.98 Å². The largest absolute Gasteiger partial charge is 0.474 e. The van der Waals surface area contributed by atoms with Crippen LogP contribution in [0.5, 0.6) is 5.88 Å². The molecule has 0 bridgehead atoms. The van der Waals surface area contributed by atoms with Crippen molar-refractivity contribution in [1.82, 2.24) is 15.0 Å². The number of carbonyl (C=O) groups excluding carboxylic acids is 1. The van der Waals surface area contributed by atoms with E-state index in [4.69, 9.17) is 16.3 Å². The highest BCUT2D eigenvalue weighted by atomic mass is 35.5. The van der Waals surface area contributed by atoms with Crippen molar-refractivity contribution in [2.75, 3.05) is 4.90 Å². The monoisotopic (exact) mass is 370 g/mol. The van der Waals surface area contributed by atoms with E-state index in [1.54, 1.807) is 17.3 Å². The molecular weight excluding hydrogens is 352 g/mol. The van der Waals surface area contributed by atoms with E-state index < -0.39 is 5.41 Å². The summed E-state index contributed by atoms with van der Waals surface area (Å²) >= 11 is 5.98. The van der Waals surface area contributed by atoms with Gasteiger partial charge in [-0.15, -0.1) is 0 Å². The molecule has 7 heteroatoms. The number of halogens is 1. The second-order valence-corrected chi connectivity index (χ2v) is 7.67. The van der Waals surface area contributed by atoms with E-state index in [0.29, 0.717) is 17.4 Å². The van der Waals surface area contributed by atoms with E-state index in [9.17, 15) is 4.79 Å². The van der Waals surface area contributed by atoms with Gasteiger partial charge in [-0.25, -0.2) is 9.97 Å². The topological polar surface area (TPSA) is 68.2 Å². The van der Waals surface area contributed by atoms with Gasteiger partial charge in [0.2, 0.25) is 17.1 Å². The number of fused-ring (bicyclic) bond motifs is 2. The molecule has 2 aromatic rings. The third-order valence-corrected chi connectivity index (χ3v) is 5.83. The molecule has 1 aliphatic heterocycles. The predicted molar refractivity (Wildman–Crippen MR) is 96.8 cm³/mol. The van der Waals surface area contributed by atoms with Gasteiger partial charge in [0, 0.05) is 17.8 Å². The number of carbonyl (C=O) groups is 1. The van der Waals surface area contributed by atoms with E-state index in [0.717, 1.165) is 31.2 Å². The molecule has 0 N–H and O–H groups in total. The van der Waals surface area contributed by atoms with Crippen LogP contribution in [0.3, 0.4) is 0 Å². The molecule has 2 fully saturated rings. The van der Waals surface area contributed by atoms with Gasteiger partial charge in [-0.1, -0.05) is 6.42 Å². The summed E-state index contributed by atoms with van der Waals surface area (Å²) in [4.78, 5) is 27.4. The van der Waals surface area contributed by atoms with Crippen molar-refractivity contribution < 1.29 is 9.53 Å². The van der Waals surface area contributed by atoms with E-state index in [-0.39, 0.29) is 17.3 Å². The summed E-state index contributed by atoms with van der Waals surface area (Å²) in [5.74, 6) is 1.22. The molecule has 1 spiro atoms. The lowest BCUT2D eigenvalue weighted by Gasteiger charge is -2.23. The van der Waals surface area contributed by atoms with Gasteiger partial charge in [-0.3, -0.25) is 9.69 Å². The van der Waals surface area contributed by atoms with Crippen molar-refractivity contribution in [3.63, 3.8) is 0 Å². The Morgan fingerprint density at radius 1 is 1.12 bits per heavy atom. The average molecular weight is 371 g/mol. The minimum Gasteiger partial charge on any atom is -0.474 e. The van der Waals surface area contributed by atoms with Crippen LogP contribution in [0.15, 0.2) is 24.5 Å². The van der Waals surface area contributed by atoms with Crippen LogP contribution in [-0.4, -0.2) is 27.0 Å². The highest BCUT2D eigenvalue weighted by Crippen LogP contribution is 2.58. The van der Waals surface area contributed by atoms with Gasteiger partial charge in [0.05, 0.1) is 17.3 Å². The van der Waals surface area contributed by atoms with Crippen LogP contribution in [-0.2, 0) is 10.2 Å². The first-order valence-corrected chi connectivity index (χ1v) is 9.55. The maximum Gasteiger partial charge on any atom is 0.243 e. The molecule has 2 aliphatic carbocycles. The lowest BCUT2D eigenvalue weighted by Crippen LogP contribution is -2.28. The minimum atomic E-state index is -0.461. The molecule has 134 valence electrons. The highest BCUT2D eigenvalue weighted by Gasteiger charge is 2.60. The Morgan fingerprint density at radius 2 is 1.92 bits per heavy atom. The first-order chi connectivity index (χ1) is 12.7. The highest BCUT2D eigenvalue weighted by molar-refractivity contribution is 6.28. The fraction of sp³-hybridized carbons (Fsp3) is 0.474. The van der Waals surface area contributed by atoms with Crippen molar-refractivity contribution in [2.45, 2.75) is 56.5 Å². The molecule has 0 saturated heterocycles. The van der Waals surface area contributed by atoms with Crippen LogP contribution in [0.2, 0.25) is 5.28 Å².